The fraction of sp³-hybridized carbons (Fsp3) is 0.625. The molecule has 0 heterocycles. The highest BCUT2D eigenvalue weighted by molar-refractivity contribution is 6.30. The SMILES string of the molecule is CC(NCCN(C)C(C)c1ccc(Cl)cc1)C1CC1. The molecule has 106 valence electrons. The minimum Gasteiger partial charge on any atom is -0.313 e. The van der Waals surface area contributed by atoms with Crippen LogP contribution in [0.2, 0.25) is 5.02 Å². The van der Waals surface area contributed by atoms with E-state index in [2.05, 4.69) is 43.2 Å². The Kier molecular flexibility index (Phi) is 5.26. The molecule has 1 aromatic carbocycles. The van der Waals surface area contributed by atoms with Crippen molar-refractivity contribution < 1.29 is 0 Å². The van der Waals surface area contributed by atoms with Crippen LogP contribution >= 0.6 is 11.6 Å². The van der Waals surface area contributed by atoms with Crippen molar-refractivity contribution in [2.24, 2.45) is 5.92 Å². The molecule has 0 radical (unpaired) electrons. The van der Waals surface area contributed by atoms with Crippen molar-refractivity contribution in [3.63, 3.8) is 0 Å². The van der Waals surface area contributed by atoms with Gasteiger partial charge in [-0.05, 0) is 57.4 Å². The molecular weight excluding hydrogens is 256 g/mol. The summed E-state index contributed by atoms with van der Waals surface area (Å²) < 4.78 is 0. The molecule has 1 saturated carbocycles. The Morgan fingerprint density at radius 1 is 1.26 bits per heavy atom. The van der Waals surface area contributed by atoms with Crippen molar-refractivity contribution in [1.29, 1.82) is 0 Å². The lowest BCUT2D eigenvalue weighted by Gasteiger charge is -2.26. The number of likely N-dealkylation sites (N-methyl/N-ethyl adjacent to an activating group) is 1. The Morgan fingerprint density at radius 3 is 2.47 bits per heavy atom. The number of benzene rings is 1. The summed E-state index contributed by atoms with van der Waals surface area (Å²) in [4.78, 5) is 2.38. The molecule has 1 aromatic rings. The minimum atomic E-state index is 0.426. The fourth-order valence-electron chi connectivity index (χ4n) is 2.42. The van der Waals surface area contributed by atoms with Gasteiger partial charge in [-0.2, -0.15) is 0 Å². The van der Waals surface area contributed by atoms with Crippen LogP contribution in [0.5, 0.6) is 0 Å². The Balaban J connectivity index is 1.75. The second-order valence-corrected chi connectivity index (χ2v) is 6.22. The topological polar surface area (TPSA) is 15.3 Å². The van der Waals surface area contributed by atoms with E-state index in [1.807, 2.05) is 12.1 Å². The molecule has 1 fully saturated rings. The fourth-order valence-corrected chi connectivity index (χ4v) is 2.55. The van der Waals surface area contributed by atoms with E-state index >= 15 is 0 Å². The maximum absolute atomic E-state index is 5.93. The first-order valence-corrected chi connectivity index (χ1v) is 7.65. The molecule has 0 aliphatic heterocycles. The molecule has 0 aromatic heterocycles. The van der Waals surface area contributed by atoms with E-state index in [0.29, 0.717) is 12.1 Å². The Bertz CT molecular complexity index is 386. The van der Waals surface area contributed by atoms with E-state index in [1.54, 1.807) is 0 Å². The van der Waals surface area contributed by atoms with Gasteiger partial charge in [0.05, 0.1) is 0 Å². The second-order valence-electron chi connectivity index (χ2n) is 5.79. The highest BCUT2D eigenvalue weighted by Crippen LogP contribution is 2.32. The van der Waals surface area contributed by atoms with Gasteiger partial charge in [-0.3, -0.25) is 4.90 Å². The number of hydrogen-bond donors (Lipinski definition) is 1. The summed E-state index contributed by atoms with van der Waals surface area (Å²) in [5.41, 5.74) is 1.32. The van der Waals surface area contributed by atoms with E-state index in [1.165, 1.54) is 18.4 Å². The average Bonchev–Trinajstić information content (AvgIpc) is 3.23. The summed E-state index contributed by atoms with van der Waals surface area (Å²) in [6, 6.07) is 9.27. The van der Waals surface area contributed by atoms with Crippen molar-refractivity contribution in [2.45, 2.75) is 38.8 Å². The first-order chi connectivity index (χ1) is 9.08. The van der Waals surface area contributed by atoms with E-state index in [0.717, 1.165) is 24.0 Å². The largest absolute Gasteiger partial charge is 0.313 e. The molecule has 2 unspecified atom stereocenters. The van der Waals surface area contributed by atoms with Gasteiger partial charge < -0.3 is 5.32 Å². The third-order valence-electron chi connectivity index (χ3n) is 4.27. The molecule has 0 bridgehead atoms. The predicted molar refractivity (Wildman–Crippen MR) is 82.7 cm³/mol. The zero-order valence-electron chi connectivity index (χ0n) is 12.2. The third kappa shape index (κ3) is 4.48. The van der Waals surface area contributed by atoms with Crippen LogP contribution in [0.25, 0.3) is 0 Å². The zero-order valence-corrected chi connectivity index (χ0v) is 13.0. The molecule has 1 aliphatic carbocycles. The molecule has 0 spiro atoms. The van der Waals surface area contributed by atoms with Crippen molar-refractivity contribution >= 4 is 11.6 Å². The Labute approximate surface area is 122 Å². The van der Waals surface area contributed by atoms with Crippen LogP contribution in [0.1, 0.15) is 38.3 Å². The van der Waals surface area contributed by atoms with Crippen molar-refractivity contribution in [3.05, 3.63) is 34.9 Å². The van der Waals surface area contributed by atoms with Crippen LogP contribution in [0, 0.1) is 5.92 Å². The lowest BCUT2D eigenvalue weighted by molar-refractivity contribution is 0.256. The van der Waals surface area contributed by atoms with Gasteiger partial charge in [0.25, 0.3) is 0 Å². The normalized spacial score (nSPS) is 18.6. The Hall–Kier alpha value is -0.570. The van der Waals surface area contributed by atoms with Crippen LogP contribution in [-0.2, 0) is 0 Å². The summed E-state index contributed by atoms with van der Waals surface area (Å²) in [6.07, 6.45) is 2.82. The molecule has 0 saturated heterocycles. The molecular formula is C16H25ClN2. The molecule has 0 amide bonds. The van der Waals surface area contributed by atoms with E-state index in [4.69, 9.17) is 11.6 Å². The monoisotopic (exact) mass is 280 g/mol. The molecule has 2 rings (SSSR count). The van der Waals surface area contributed by atoms with E-state index < -0.39 is 0 Å². The standard InChI is InChI=1S/C16H25ClN2/c1-12(14-4-5-14)18-10-11-19(3)13(2)15-6-8-16(17)9-7-15/h6-9,12-14,18H,4-5,10-11H2,1-3H3. The quantitative estimate of drug-likeness (QED) is 0.819. The van der Waals surface area contributed by atoms with Gasteiger partial charge in [-0.15, -0.1) is 0 Å². The molecule has 2 atom stereocenters. The van der Waals surface area contributed by atoms with Crippen LogP contribution in [-0.4, -0.2) is 31.1 Å². The van der Waals surface area contributed by atoms with Gasteiger partial charge in [0.15, 0.2) is 0 Å². The maximum Gasteiger partial charge on any atom is 0.0406 e. The van der Waals surface area contributed by atoms with E-state index in [-0.39, 0.29) is 0 Å². The van der Waals surface area contributed by atoms with Gasteiger partial charge in [-0.1, -0.05) is 23.7 Å². The first-order valence-electron chi connectivity index (χ1n) is 7.27. The first kappa shape index (κ1) is 14.8. The maximum atomic E-state index is 5.93. The van der Waals surface area contributed by atoms with Gasteiger partial charge in [0.1, 0.15) is 0 Å². The molecule has 1 aliphatic rings. The van der Waals surface area contributed by atoms with Crippen molar-refractivity contribution in [1.82, 2.24) is 10.2 Å². The second kappa shape index (κ2) is 6.74. The van der Waals surface area contributed by atoms with Gasteiger partial charge in [0, 0.05) is 30.2 Å². The lowest BCUT2D eigenvalue weighted by atomic mass is 10.1. The van der Waals surface area contributed by atoms with Gasteiger partial charge in [0.2, 0.25) is 0 Å². The number of rotatable bonds is 7. The highest BCUT2D eigenvalue weighted by Gasteiger charge is 2.27. The summed E-state index contributed by atoms with van der Waals surface area (Å²) in [7, 11) is 2.18. The summed E-state index contributed by atoms with van der Waals surface area (Å²) in [5, 5.41) is 4.43. The van der Waals surface area contributed by atoms with Crippen molar-refractivity contribution in [3.8, 4) is 0 Å². The average molecular weight is 281 g/mol. The third-order valence-corrected chi connectivity index (χ3v) is 4.53. The predicted octanol–water partition coefficient (Wildman–Crippen LogP) is 3.72. The molecule has 2 nitrogen and oxygen atoms in total. The number of nitrogens with one attached hydrogen (secondary N) is 1. The summed E-state index contributed by atoms with van der Waals surface area (Å²) in [5.74, 6) is 0.930. The minimum absolute atomic E-state index is 0.426. The van der Waals surface area contributed by atoms with Crippen LogP contribution < -0.4 is 5.32 Å². The number of halogens is 1. The summed E-state index contributed by atoms with van der Waals surface area (Å²) >= 11 is 5.93. The highest BCUT2D eigenvalue weighted by atomic mass is 35.5. The van der Waals surface area contributed by atoms with Crippen LogP contribution in [0.3, 0.4) is 0 Å². The zero-order chi connectivity index (χ0) is 13.8. The lowest BCUT2D eigenvalue weighted by Crippen LogP contribution is -2.36. The van der Waals surface area contributed by atoms with Gasteiger partial charge in [-0.25, -0.2) is 0 Å². The van der Waals surface area contributed by atoms with Gasteiger partial charge >= 0.3 is 0 Å². The Morgan fingerprint density at radius 2 is 1.89 bits per heavy atom. The van der Waals surface area contributed by atoms with E-state index in [9.17, 15) is 0 Å². The van der Waals surface area contributed by atoms with Crippen molar-refractivity contribution in [2.75, 3.05) is 20.1 Å². The molecule has 19 heavy (non-hydrogen) atoms. The summed E-state index contributed by atoms with van der Waals surface area (Å²) in [6.45, 7) is 6.68. The molecule has 1 N–H and O–H groups in total. The van der Waals surface area contributed by atoms with Crippen LogP contribution in [0.15, 0.2) is 24.3 Å². The molecule has 3 heteroatoms. The van der Waals surface area contributed by atoms with Crippen LogP contribution in [0.4, 0.5) is 0 Å². The number of hydrogen-bond acceptors (Lipinski definition) is 2. The number of nitrogens with zero attached hydrogens (tertiary/aromatic N) is 1. The smallest absolute Gasteiger partial charge is 0.0406 e.